The summed E-state index contributed by atoms with van der Waals surface area (Å²) in [7, 11) is -1.89. The first kappa shape index (κ1) is 32.4. The second kappa shape index (κ2) is 13.7. The van der Waals surface area contributed by atoms with Crippen molar-refractivity contribution in [1.29, 1.82) is 0 Å². The van der Waals surface area contributed by atoms with Crippen LogP contribution in [-0.2, 0) is 28.4 Å². The van der Waals surface area contributed by atoms with Crippen molar-refractivity contribution in [3.05, 3.63) is 48.3 Å². The highest BCUT2D eigenvalue weighted by Gasteiger charge is 2.51. The molecule has 0 radical (unpaired) electrons. The Labute approximate surface area is 239 Å². The van der Waals surface area contributed by atoms with Crippen LogP contribution in [0.5, 0.6) is 0 Å². The fraction of sp³-hybridized carbons (Fsp3) is 0.481. The van der Waals surface area contributed by atoms with Crippen LogP contribution in [0.3, 0.4) is 0 Å². The predicted molar refractivity (Wildman–Crippen MR) is 151 cm³/mol. The van der Waals surface area contributed by atoms with Gasteiger partial charge in [-0.15, -0.1) is 5.10 Å². The van der Waals surface area contributed by atoms with Crippen LogP contribution in [0.15, 0.2) is 42.5 Å². The summed E-state index contributed by atoms with van der Waals surface area (Å²) >= 11 is 0. The smallest absolute Gasteiger partial charge is 0.423 e. The summed E-state index contributed by atoms with van der Waals surface area (Å²) in [5, 5.41) is 25.7. The van der Waals surface area contributed by atoms with Gasteiger partial charge in [-0.1, -0.05) is 23.4 Å². The van der Waals surface area contributed by atoms with Crippen molar-refractivity contribution < 1.29 is 42.8 Å². The van der Waals surface area contributed by atoms with Gasteiger partial charge in [0.25, 0.3) is 0 Å². The van der Waals surface area contributed by atoms with E-state index in [1.807, 2.05) is 22.9 Å². The van der Waals surface area contributed by atoms with E-state index in [4.69, 9.17) is 24.1 Å². The van der Waals surface area contributed by atoms with Crippen LogP contribution in [0, 0.1) is 5.82 Å². The van der Waals surface area contributed by atoms with Gasteiger partial charge in [0.2, 0.25) is 0 Å². The van der Waals surface area contributed by atoms with E-state index in [2.05, 4.69) is 42.7 Å². The van der Waals surface area contributed by atoms with Gasteiger partial charge < -0.3 is 28.8 Å². The molecule has 2 aliphatic heterocycles. The first-order chi connectivity index (χ1) is 19.2. The maximum atomic E-state index is 12.2. The fourth-order valence-corrected chi connectivity index (χ4v) is 4.05. The third-order valence-corrected chi connectivity index (χ3v) is 6.90. The van der Waals surface area contributed by atoms with Crippen LogP contribution in [0.2, 0.25) is 0 Å². The Kier molecular flexibility index (Phi) is 10.8. The molecule has 3 aromatic rings. The lowest BCUT2D eigenvalue weighted by atomic mass is 9.79. The zero-order valence-electron chi connectivity index (χ0n) is 24.2. The maximum Gasteiger partial charge on any atom is 0.494 e. The quantitative estimate of drug-likeness (QED) is 0.273. The van der Waals surface area contributed by atoms with Crippen LogP contribution in [0.1, 0.15) is 67.0 Å². The molecule has 11 nitrogen and oxygen atoms in total. The van der Waals surface area contributed by atoms with Gasteiger partial charge in [-0.05, 0) is 82.1 Å². The number of rotatable bonds is 3. The van der Waals surface area contributed by atoms with Crippen molar-refractivity contribution in [1.82, 2.24) is 15.0 Å². The third-order valence-electron chi connectivity index (χ3n) is 6.90. The third kappa shape index (κ3) is 8.66. The van der Waals surface area contributed by atoms with E-state index in [0.29, 0.717) is 5.46 Å². The molecule has 0 saturated carbocycles. The van der Waals surface area contributed by atoms with Crippen LogP contribution < -0.4 is 10.9 Å². The largest absolute Gasteiger partial charge is 0.494 e. The minimum Gasteiger partial charge on any atom is -0.423 e. The number of aromatic nitrogens is 3. The zero-order chi connectivity index (χ0) is 30.4. The number of ether oxygens (including phenoxy) is 2. The van der Waals surface area contributed by atoms with E-state index in [9.17, 15) is 14.0 Å². The number of fused-ring (bicyclic) bond motifs is 1. The number of nitrogens with zero attached hydrogens (tertiary/aromatic N) is 3. The number of benzene rings is 2. The average Bonchev–Trinajstić information content (AvgIpc) is 3.41. The molecule has 1 unspecified atom stereocenters. The number of esters is 2. The van der Waals surface area contributed by atoms with Crippen LogP contribution in [0.4, 0.5) is 4.39 Å². The standard InChI is InChI=1S/C17H24BN3O3.C6H6BFO2.C4H6O3/c1-16(2)17(3,4)24-18(23-16)12-8-9-14-13(11-12)19-20-21(14)15-7-5-6-10-22-15;8-6-3-1-5(2-4-6)7(9)10;1-3(5)7-4(2)6/h8-9,11,15H,5-7,10H2,1-4H3;1-4,9-10H;1-2H3. The van der Waals surface area contributed by atoms with Gasteiger partial charge in [0.05, 0.1) is 16.7 Å². The van der Waals surface area contributed by atoms with Gasteiger partial charge in [-0.2, -0.15) is 0 Å². The summed E-state index contributed by atoms with van der Waals surface area (Å²) in [6, 6.07) is 11.1. The summed E-state index contributed by atoms with van der Waals surface area (Å²) in [5.41, 5.74) is 2.40. The van der Waals surface area contributed by atoms with E-state index in [1.165, 1.54) is 38.1 Å². The Morgan fingerprint density at radius 3 is 2.12 bits per heavy atom. The van der Waals surface area contributed by atoms with E-state index in [0.717, 1.165) is 42.4 Å². The van der Waals surface area contributed by atoms with Crippen LogP contribution in [0.25, 0.3) is 11.0 Å². The first-order valence-electron chi connectivity index (χ1n) is 13.3. The molecule has 5 rings (SSSR count). The lowest BCUT2D eigenvalue weighted by Gasteiger charge is -2.32. The number of halogens is 1. The minimum atomic E-state index is -1.51. The highest BCUT2D eigenvalue weighted by molar-refractivity contribution is 6.62. The first-order valence-corrected chi connectivity index (χ1v) is 13.3. The molecule has 2 N–H and O–H groups in total. The van der Waals surface area contributed by atoms with Crippen molar-refractivity contribution in [3.63, 3.8) is 0 Å². The van der Waals surface area contributed by atoms with E-state index < -0.39 is 19.1 Å². The number of carbonyl (C=O) groups excluding carboxylic acids is 2. The Bertz CT molecular complexity index is 1300. The lowest BCUT2D eigenvalue weighted by molar-refractivity contribution is -0.156. The molecule has 1 atom stereocenters. The normalized spacial score (nSPS) is 19.0. The summed E-state index contributed by atoms with van der Waals surface area (Å²) in [5.74, 6) is -1.51. The van der Waals surface area contributed by atoms with Crippen molar-refractivity contribution >= 4 is 48.1 Å². The molecule has 0 spiro atoms. The van der Waals surface area contributed by atoms with Crippen LogP contribution >= 0.6 is 0 Å². The number of hydrogen-bond acceptors (Lipinski definition) is 10. The van der Waals surface area contributed by atoms with E-state index in [-0.39, 0.29) is 30.4 Å². The Morgan fingerprint density at radius 1 is 1.02 bits per heavy atom. The molecule has 0 aliphatic carbocycles. The Hall–Kier alpha value is -3.16. The van der Waals surface area contributed by atoms with Crippen molar-refractivity contribution in [2.45, 2.75) is 78.2 Å². The molecule has 220 valence electrons. The van der Waals surface area contributed by atoms with Gasteiger partial charge in [0.15, 0.2) is 6.23 Å². The molecule has 2 aromatic carbocycles. The number of hydrogen-bond donors (Lipinski definition) is 2. The average molecular weight is 571 g/mol. The van der Waals surface area contributed by atoms with Gasteiger partial charge >= 0.3 is 26.2 Å². The highest BCUT2D eigenvalue weighted by atomic mass is 19.1. The molecule has 0 bridgehead atoms. The van der Waals surface area contributed by atoms with Crippen molar-refractivity contribution in [2.75, 3.05) is 6.61 Å². The Morgan fingerprint density at radius 2 is 1.63 bits per heavy atom. The SMILES string of the molecule is CC(=O)OC(C)=O.CC1(C)OB(c2ccc3c(c2)nnn3C2CCCCO2)OC1(C)C.OB(O)c1ccc(F)cc1. The van der Waals surface area contributed by atoms with Gasteiger partial charge in [0, 0.05) is 20.5 Å². The molecule has 3 heterocycles. The van der Waals surface area contributed by atoms with Crippen LogP contribution in [-0.4, -0.2) is 69.0 Å². The summed E-state index contributed by atoms with van der Waals surface area (Å²) < 4.78 is 36.1. The number of carbonyl (C=O) groups is 2. The van der Waals surface area contributed by atoms with E-state index >= 15 is 0 Å². The zero-order valence-corrected chi connectivity index (χ0v) is 24.2. The van der Waals surface area contributed by atoms with Gasteiger partial charge in [0.1, 0.15) is 11.3 Å². The molecule has 2 aliphatic rings. The van der Waals surface area contributed by atoms with Crippen molar-refractivity contribution in [3.8, 4) is 0 Å². The second-order valence-electron chi connectivity index (χ2n) is 10.7. The minimum absolute atomic E-state index is 0.00792. The molecular weight excluding hydrogens is 535 g/mol. The summed E-state index contributed by atoms with van der Waals surface area (Å²) in [6.45, 7) is 11.4. The fourth-order valence-electron chi connectivity index (χ4n) is 4.05. The second-order valence-corrected chi connectivity index (χ2v) is 10.7. The highest BCUT2D eigenvalue weighted by Crippen LogP contribution is 2.36. The summed E-state index contributed by atoms with van der Waals surface area (Å²) in [6.07, 6.45) is 3.26. The molecule has 2 fully saturated rings. The monoisotopic (exact) mass is 571 g/mol. The molecule has 1 aromatic heterocycles. The van der Waals surface area contributed by atoms with Crippen molar-refractivity contribution in [2.24, 2.45) is 0 Å². The van der Waals surface area contributed by atoms with Gasteiger partial charge in [-0.3, -0.25) is 9.59 Å². The lowest BCUT2D eigenvalue weighted by Crippen LogP contribution is -2.41. The Balaban J connectivity index is 0.000000224. The predicted octanol–water partition coefficient (Wildman–Crippen LogP) is 2.03. The molecular formula is C27H36B2FN3O8. The maximum absolute atomic E-state index is 12.2. The molecule has 2 saturated heterocycles. The van der Waals surface area contributed by atoms with Gasteiger partial charge in [-0.25, -0.2) is 9.07 Å². The molecule has 14 heteroatoms. The molecule has 41 heavy (non-hydrogen) atoms. The molecule has 0 amide bonds. The topological polar surface area (TPSA) is 142 Å². The van der Waals surface area contributed by atoms with E-state index in [1.54, 1.807) is 0 Å². The summed E-state index contributed by atoms with van der Waals surface area (Å²) in [4.78, 5) is 19.6.